The smallest absolute Gasteiger partial charge is 0.387 e. The second kappa shape index (κ2) is 6.52. The molecule has 0 radical (unpaired) electrons. The summed E-state index contributed by atoms with van der Waals surface area (Å²) in [5.74, 6) is 0.300. The van der Waals surface area contributed by atoms with Crippen LogP contribution in [0.5, 0.6) is 11.5 Å². The van der Waals surface area contributed by atoms with Crippen molar-refractivity contribution < 1.29 is 23.1 Å². The Morgan fingerprint density at radius 3 is 2.86 bits per heavy atom. The third-order valence-corrected chi connectivity index (χ3v) is 4.72. The summed E-state index contributed by atoms with van der Waals surface area (Å²) in [7, 11) is 0. The van der Waals surface area contributed by atoms with Gasteiger partial charge in [-0.2, -0.15) is 8.78 Å². The Morgan fingerprint density at radius 2 is 2.07 bits per heavy atom. The number of ether oxygens (including phenoxy) is 2. The number of anilines is 3. The molecule has 3 heterocycles. The number of nitrogens with one attached hydrogen (secondary N) is 3. The Balaban J connectivity index is 1.48. The normalized spacial score (nSPS) is 21.6. The maximum absolute atomic E-state index is 12.4. The Bertz CT molecular complexity index is 1010. The van der Waals surface area contributed by atoms with Crippen molar-refractivity contribution in [2.45, 2.75) is 19.5 Å². The number of nitrogens with zero attached hydrogens (tertiary/aromatic N) is 2. The number of allylic oxidation sites excluding steroid dienone is 1. The van der Waals surface area contributed by atoms with Crippen LogP contribution in [0, 0.1) is 0 Å². The standard InChI is InChI=1S/C19H17F2N5O3/c1-11-9-23-19(24-12-2-5-14(6-3-12)28-18(20)21)26(17(11)25-29-19)13-4-7-16-15(8-13)22-10-27-16/h2-9,18,22,24-25H,10H2,1H3. The van der Waals surface area contributed by atoms with Crippen molar-refractivity contribution in [2.75, 3.05) is 22.3 Å². The van der Waals surface area contributed by atoms with E-state index in [2.05, 4.69) is 25.8 Å². The summed E-state index contributed by atoms with van der Waals surface area (Å²) in [4.78, 5) is 12.3. The monoisotopic (exact) mass is 401 g/mol. The summed E-state index contributed by atoms with van der Waals surface area (Å²) in [5.41, 5.74) is 6.13. The number of fused-ring (bicyclic) bond motifs is 3. The van der Waals surface area contributed by atoms with E-state index in [1.54, 1.807) is 18.3 Å². The van der Waals surface area contributed by atoms with Crippen molar-refractivity contribution in [1.82, 2.24) is 5.48 Å². The Hall–Kier alpha value is -3.53. The molecule has 1 fully saturated rings. The van der Waals surface area contributed by atoms with Gasteiger partial charge in [-0.3, -0.25) is 4.90 Å². The van der Waals surface area contributed by atoms with E-state index >= 15 is 0 Å². The number of hydrogen-bond donors (Lipinski definition) is 3. The number of rotatable bonds is 5. The molecule has 1 atom stereocenters. The second-order valence-corrected chi connectivity index (χ2v) is 6.61. The fourth-order valence-electron chi connectivity index (χ4n) is 3.39. The highest BCUT2D eigenvalue weighted by Crippen LogP contribution is 2.42. The van der Waals surface area contributed by atoms with E-state index in [0.717, 1.165) is 28.5 Å². The van der Waals surface area contributed by atoms with E-state index < -0.39 is 12.6 Å². The van der Waals surface area contributed by atoms with Gasteiger partial charge in [0.05, 0.1) is 11.4 Å². The minimum atomic E-state index is -2.87. The first-order valence-corrected chi connectivity index (χ1v) is 8.88. The predicted octanol–water partition coefficient (Wildman–Crippen LogP) is 3.43. The number of hydrogen-bond acceptors (Lipinski definition) is 8. The van der Waals surface area contributed by atoms with E-state index in [9.17, 15) is 8.78 Å². The fourth-order valence-corrected chi connectivity index (χ4v) is 3.39. The van der Waals surface area contributed by atoms with Gasteiger partial charge in [-0.25, -0.2) is 15.3 Å². The van der Waals surface area contributed by atoms with Crippen LogP contribution in [-0.2, 0) is 4.84 Å². The first-order valence-electron chi connectivity index (χ1n) is 8.88. The van der Waals surface area contributed by atoms with E-state index in [1.165, 1.54) is 12.1 Å². The molecule has 0 aliphatic carbocycles. The van der Waals surface area contributed by atoms with E-state index in [1.807, 2.05) is 30.0 Å². The summed E-state index contributed by atoms with van der Waals surface area (Å²) in [6, 6.07) is 11.9. The van der Waals surface area contributed by atoms with Gasteiger partial charge in [-0.1, -0.05) is 0 Å². The predicted molar refractivity (Wildman–Crippen MR) is 103 cm³/mol. The molecule has 2 aromatic rings. The van der Waals surface area contributed by atoms with Gasteiger partial charge in [-0.05, 0) is 49.4 Å². The Kier molecular flexibility index (Phi) is 3.95. The third-order valence-electron chi connectivity index (χ3n) is 4.72. The quantitative estimate of drug-likeness (QED) is 0.708. The highest BCUT2D eigenvalue weighted by molar-refractivity contribution is 5.84. The molecule has 8 nitrogen and oxygen atoms in total. The van der Waals surface area contributed by atoms with Crippen molar-refractivity contribution in [1.29, 1.82) is 0 Å². The van der Waals surface area contributed by atoms with E-state index in [0.29, 0.717) is 12.4 Å². The molecule has 3 aliphatic heterocycles. The van der Waals surface area contributed by atoms with Crippen LogP contribution in [0.1, 0.15) is 6.92 Å². The van der Waals surface area contributed by atoms with Gasteiger partial charge in [-0.15, -0.1) is 0 Å². The molecule has 150 valence electrons. The lowest BCUT2D eigenvalue weighted by Crippen LogP contribution is -2.51. The maximum Gasteiger partial charge on any atom is 0.387 e. The lowest BCUT2D eigenvalue weighted by Gasteiger charge is -2.36. The molecule has 3 N–H and O–H groups in total. The summed E-state index contributed by atoms with van der Waals surface area (Å²) in [6.07, 6.45) is 1.71. The van der Waals surface area contributed by atoms with E-state index in [4.69, 9.17) is 9.57 Å². The average molecular weight is 401 g/mol. The molecule has 29 heavy (non-hydrogen) atoms. The Labute approximate surface area is 164 Å². The SMILES string of the molecule is CC1=C2NOC(Nc3ccc(OC(F)F)cc3)(N=C1)N2c1ccc2c(c1)NCO2. The summed E-state index contributed by atoms with van der Waals surface area (Å²) >= 11 is 0. The highest BCUT2D eigenvalue weighted by atomic mass is 19.3. The van der Waals surface area contributed by atoms with Crippen molar-refractivity contribution in [3.05, 3.63) is 53.9 Å². The Morgan fingerprint density at radius 1 is 1.24 bits per heavy atom. The van der Waals surface area contributed by atoms with Crippen molar-refractivity contribution in [2.24, 2.45) is 4.99 Å². The van der Waals surface area contributed by atoms with Crippen LogP contribution in [0.2, 0.25) is 0 Å². The van der Waals surface area contributed by atoms with Gasteiger partial charge >= 0.3 is 12.6 Å². The zero-order valence-electron chi connectivity index (χ0n) is 15.3. The van der Waals surface area contributed by atoms with Gasteiger partial charge in [0.2, 0.25) is 0 Å². The van der Waals surface area contributed by atoms with Crippen molar-refractivity contribution >= 4 is 23.3 Å². The second-order valence-electron chi connectivity index (χ2n) is 6.61. The van der Waals surface area contributed by atoms with Gasteiger partial charge in [0.1, 0.15) is 17.3 Å². The molecule has 10 heteroatoms. The topological polar surface area (TPSA) is 79.4 Å². The highest BCUT2D eigenvalue weighted by Gasteiger charge is 2.49. The molecule has 0 spiro atoms. The van der Waals surface area contributed by atoms with Crippen LogP contribution in [0.15, 0.2) is 58.9 Å². The number of aliphatic imine (C=N–C) groups is 1. The summed E-state index contributed by atoms with van der Waals surface area (Å²) < 4.78 is 34.6. The van der Waals surface area contributed by atoms with Gasteiger partial charge in [0.15, 0.2) is 6.73 Å². The van der Waals surface area contributed by atoms with Crippen molar-refractivity contribution in [3.63, 3.8) is 0 Å². The van der Waals surface area contributed by atoms with E-state index in [-0.39, 0.29) is 5.75 Å². The average Bonchev–Trinajstić information content (AvgIpc) is 3.28. The molecule has 3 aliphatic rings. The van der Waals surface area contributed by atoms with Gasteiger partial charge in [0, 0.05) is 17.5 Å². The maximum atomic E-state index is 12.4. The van der Waals surface area contributed by atoms with Crippen LogP contribution < -0.4 is 30.5 Å². The molecule has 0 aromatic heterocycles. The third kappa shape index (κ3) is 2.97. The zero-order valence-corrected chi connectivity index (χ0v) is 15.3. The largest absolute Gasteiger partial charge is 0.471 e. The van der Waals surface area contributed by atoms with Crippen LogP contribution in [0.4, 0.5) is 25.8 Å². The first kappa shape index (κ1) is 17.6. The van der Waals surface area contributed by atoms with Crippen molar-refractivity contribution in [3.8, 4) is 11.5 Å². The first-order chi connectivity index (χ1) is 14.0. The molecule has 5 rings (SSSR count). The number of halogens is 2. The van der Waals surface area contributed by atoms with Gasteiger partial charge < -0.3 is 20.1 Å². The molecular formula is C19H17F2N5O3. The van der Waals surface area contributed by atoms with Crippen LogP contribution in [0.3, 0.4) is 0 Å². The minimum absolute atomic E-state index is 0.0682. The van der Waals surface area contributed by atoms with Crippen LogP contribution >= 0.6 is 0 Å². The lowest BCUT2D eigenvalue weighted by atomic mass is 10.2. The molecule has 0 amide bonds. The number of hydroxylamine groups is 1. The molecule has 1 saturated heterocycles. The molecule has 1 unspecified atom stereocenters. The molecule has 0 saturated carbocycles. The molecule has 2 aromatic carbocycles. The molecule has 2 bridgehead atoms. The zero-order chi connectivity index (χ0) is 20.0. The molecular weight excluding hydrogens is 384 g/mol. The summed E-state index contributed by atoms with van der Waals surface area (Å²) in [6.45, 7) is -0.534. The lowest BCUT2D eigenvalue weighted by molar-refractivity contribution is -0.0498. The van der Waals surface area contributed by atoms with Crippen LogP contribution in [0.25, 0.3) is 0 Å². The number of alkyl halides is 2. The van der Waals surface area contributed by atoms with Crippen LogP contribution in [-0.4, -0.2) is 25.5 Å². The summed E-state index contributed by atoms with van der Waals surface area (Å²) in [5, 5.41) is 6.38. The van der Waals surface area contributed by atoms with Gasteiger partial charge in [0.25, 0.3) is 0 Å². The fraction of sp³-hybridized carbons (Fsp3) is 0.211. The number of benzene rings is 2. The minimum Gasteiger partial charge on any atom is -0.471 e.